The van der Waals surface area contributed by atoms with E-state index in [1.165, 1.54) is 6.07 Å². The van der Waals surface area contributed by atoms with Gasteiger partial charge in [-0.15, -0.1) is 0 Å². The van der Waals surface area contributed by atoms with Crippen LogP contribution in [-0.4, -0.2) is 29.8 Å². The normalized spacial score (nSPS) is 16.4. The van der Waals surface area contributed by atoms with Crippen molar-refractivity contribution in [3.8, 4) is 6.07 Å². The van der Waals surface area contributed by atoms with Crippen LogP contribution in [0.5, 0.6) is 0 Å². The first kappa shape index (κ1) is 17.6. The molecule has 2 aromatic carbocycles. The van der Waals surface area contributed by atoms with Crippen LogP contribution in [0.2, 0.25) is 0 Å². The fourth-order valence-corrected chi connectivity index (χ4v) is 3.03. The number of anilines is 1. The van der Waals surface area contributed by atoms with Crippen molar-refractivity contribution >= 4 is 17.5 Å². The van der Waals surface area contributed by atoms with E-state index < -0.39 is 5.92 Å². The molecule has 0 aliphatic carbocycles. The number of rotatable bonds is 5. The lowest BCUT2D eigenvalue weighted by molar-refractivity contribution is -0.128. The van der Waals surface area contributed by atoms with Crippen molar-refractivity contribution in [2.24, 2.45) is 5.92 Å². The summed E-state index contributed by atoms with van der Waals surface area (Å²) in [5.74, 6) is -1.09. The van der Waals surface area contributed by atoms with Gasteiger partial charge in [0.2, 0.25) is 11.8 Å². The van der Waals surface area contributed by atoms with Crippen molar-refractivity contribution in [1.29, 1.82) is 5.26 Å². The van der Waals surface area contributed by atoms with Crippen LogP contribution in [0.4, 0.5) is 10.1 Å². The Hall–Kier alpha value is -3.20. The molecule has 1 N–H and O–H groups in total. The lowest BCUT2D eigenvalue weighted by Gasteiger charge is -2.17. The summed E-state index contributed by atoms with van der Waals surface area (Å²) >= 11 is 0. The van der Waals surface area contributed by atoms with Crippen LogP contribution in [0.15, 0.2) is 48.5 Å². The van der Waals surface area contributed by atoms with Gasteiger partial charge >= 0.3 is 0 Å². The van der Waals surface area contributed by atoms with Gasteiger partial charge in [0.1, 0.15) is 5.82 Å². The molecule has 1 aliphatic rings. The van der Waals surface area contributed by atoms with Gasteiger partial charge in [-0.25, -0.2) is 4.39 Å². The predicted molar refractivity (Wildman–Crippen MR) is 94.6 cm³/mol. The van der Waals surface area contributed by atoms with Crippen LogP contribution in [0, 0.1) is 23.1 Å². The molecule has 3 rings (SSSR count). The molecule has 0 saturated carbocycles. The first-order chi connectivity index (χ1) is 12.6. The van der Waals surface area contributed by atoms with E-state index >= 15 is 0 Å². The molecule has 1 atom stereocenters. The average Bonchev–Trinajstić information content (AvgIpc) is 3.02. The zero-order valence-corrected chi connectivity index (χ0v) is 14.1. The van der Waals surface area contributed by atoms with Crippen molar-refractivity contribution < 1.29 is 14.0 Å². The highest BCUT2D eigenvalue weighted by atomic mass is 19.1. The van der Waals surface area contributed by atoms with Gasteiger partial charge in [0.15, 0.2) is 0 Å². The summed E-state index contributed by atoms with van der Waals surface area (Å²) in [6, 6.07) is 15.1. The molecule has 6 heteroatoms. The zero-order valence-electron chi connectivity index (χ0n) is 14.1. The van der Waals surface area contributed by atoms with Crippen LogP contribution in [0.1, 0.15) is 17.5 Å². The summed E-state index contributed by atoms with van der Waals surface area (Å²) in [6.07, 6.45) is 0.554. The molecule has 2 aromatic rings. The van der Waals surface area contributed by atoms with E-state index in [0.29, 0.717) is 36.3 Å². The molecule has 132 valence electrons. The number of carbonyl (C=O) groups is 2. The lowest BCUT2D eigenvalue weighted by atomic mass is 10.1. The molecule has 1 unspecified atom stereocenters. The quantitative estimate of drug-likeness (QED) is 0.900. The number of carbonyl (C=O) groups excluding carboxylic acids is 2. The minimum Gasteiger partial charge on any atom is -0.342 e. The maximum absolute atomic E-state index is 13.7. The van der Waals surface area contributed by atoms with Gasteiger partial charge in [-0.3, -0.25) is 9.59 Å². The Morgan fingerprint density at radius 2 is 2.08 bits per heavy atom. The minimum atomic E-state index is -0.450. The van der Waals surface area contributed by atoms with Crippen molar-refractivity contribution in [1.82, 2.24) is 4.90 Å². The number of benzene rings is 2. The molecule has 26 heavy (non-hydrogen) atoms. The lowest BCUT2D eigenvalue weighted by Crippen LogP contribution is -2.30. The molecule has 1 aliphatic heterocycles. The van der Waals surface area contributed by atoms with E-state index in [0.717, 1.165) is 0 Å². The second kappa shape index (κ2) is 7.79. The topological polar surface area (TPSA) is 73.2 Å². The summed E-state index contributed by atoms with van der Waals surface area (Å²) in [7, 11) is 0. The van der Waals surface area contributed by atoms with Crippen molar-refractivity contribution in [3.05, 3.63) is 65.5 Å². The fraction of sp³-hybridized carbons (Fsp3) is 0.250. The molecule has 0 bridgehead atoms. The highest BCUT2D eigenvalue weighted by Gasteiger charge is 2.34. The van der Waals surface area contributed by atoms with E-state index in [-0.39, 0.29) is 24.1 Å². The Balaban J connectivity index is 1.57. The van der Waals surface area contributed by atoms with Crippen LogP contribution in [0.3, 0.4) is 0 Å². The van der Waals surface area contributed by atoms with E-state index in [1.807, 2.05) is 6.07 Å². The predicted octanol–water partition coefficient (Wildman–Crippen LogP) is 2.73. The molecule has 2 amide bonds. The van der Waals surface area contributed by atoms with Gasteiger partial charge in [-0.05, 0) is 36.2 Å². The van der Waals surface area contributed by atoms with Gasteiger partial charge in [0, 0.05) is 25.2 Å². The smallest absolute Gasteiger partial charge is 0.229 e. The van der Waals surface area contributed by atoms with Gasteiger partial charge < -0.3 is 10.2 Å². The largest absolute Gasteiger partial charge is 0.342 e. The van der Waals surface area contributed by atoms with Crippen molar-refractivity contribution in [2.45, 2.75) is 12.8 Å². The highest BCUT2D eigenvalue weighted by Crippen LogP contribution is 2.21. The standard InChI is InChI=1S/C20H18FN3O2/c21-18-7-2-1-5-15(18)8-9-24-13-16(11-19(24)25)20(26)23-17-6-3-4-14(10-17)12-22/h1-7,10,16H,8-9,11,13H2,(H,23,26). The van der Waals surface area contributed by atoms with Gasteiger partial charge in [-0.2, -0.15) is 5.26 Å². The van der Waals surface area contributed by atoms with Gasteiger partial charge in [-0.1, -0.05) is 24.3 Å². The maximum Gasteiger partial charge on any atom is 0.229 e. The molecule has 5 nitrogen and oxygen atoms in total. The third-order valence-corrected chi connectivity index (χ3v) is 4.45. The molecular weight excluding hydrogens is 333 g/mol. The van der Waals surface area contributed by atoms with Crippen LogP contribution in [0.25, 0.3) is 0 Å². The number of nitrogens with one attached hydrogen (secondary N) is 1. The number of hydrogen-bond donors (Lipinski definition) is 1. The number of amides is 2. The zero-order chi connectivity index (χ0) is 18.5. The maximum atomic E-state index is 13.7. The summed E-state index contributed by atoms with van der Waals surface area (Å²) in [6.45, 7) is 0.699. The first-order valence-corrected chi connectivity index (χ1v) is 8.39. The van der Waals surface area contributed by atoms with E-state index in [2.05, 4.69) is 5.32 Å². The number of nitrogens with zero attached hydrogens (tertiary/aromatic N) is 2. The molecule has 0 aromatic heterocycles. The molecule has 1 saturated heterocycles. The number of likely N-dealkylation sites (tertiary alicyclic amines) is 1. The first-order valence-electron chi connectivity index (χ1n) is 8.39. The Morgan fingerprint density at radius 1 is 1.27 bits per heavy atom. The number of nitriles is 1. The van der Waals surface area contributed by atoms with E-state index in [4.69, 9.17) is 5.26 Å². The SMILES string of the molecule is N#Cc1cccc(NC(=O)C2CC(=O)N(CCc3ccccc3F)C2)c1. The Bertz CT molecular complexity index is 875. The third kappa shape index (κ3) is 4.06. The molecule has 1 heterocycles. The second-order valence-electron chi connectivity index (χ2n) is 6.26. The molecule has 1 fully saturated rings. The highest BCUT2D eigenvalue weighted by molar-refractivity contribution is 5.97. The number of hydrogen-bond acceptors (Lipinski definition) is 3. The summed E-state index contributed by atoms with van der Waals surface area (Å²) in [5, 5.41) is 11.7. The van der Waals surface area contributed by atoms with Crippen LogP contribution < -0.4 is 5.32 Å². The molecule has 0 radical (unpaired) electrons. The monoisotopic (exact) mass is 351 g/mol. The molecular formula is C20H18FN3O2. The minimum absolute atomic E-state index is 0.104. The Morgan fingerprint density at radius 3 is 2.85 bits per heavy atom. The van der Waals surface area contributed by atoms with Crippen molar-refractivity contribution in [3.63, 3.8) is 0 Å². The van der Waals surface area contributed by atoms with Crippen LogP contribution in [-0.2, 0) is 16.0 Å². The van der Waals surface area contributed by atoms with Gasteiger partial charge in [0.25, 0.3) is 0 Å². The Labute approximate surface area is 151 Å². The second-order valence-corrected chi connectivity index (χ2v) is 6.26. The summed E-state index contributed by atoms with van der Waals surface area (Å²) in [5.41, 5.74) is 1.55. The van der Waals surface area contributed by atoms with Crippen molar-refractivity contribution in [2.75, 3.05) is 18.4 Å². The summed E-state index contributed by atoms with van der Waals surface area (Å²) in [4.78, 5) is 26.2. The number of halogens is 1. The van der Waals surface area contributed by atoms with E-state index in [9.17, 15) is 14.0 Å². The van der Waals surface area contributed by atoms with E-state index in [1.54, 1.807) is 47.4 Å². The Kier molecular flexibility index (Phi) is 5.28. The molecule has 0 spiro atoms. The van der Waals surface area contributed by atoms with Gasteiger partial charge in [0.05, 0.1) is 17.6 Å². The van der Waals surface area contributed by atoms with Crippen LogP contribution >= 0.6 is 0 Å². The average molecular weight is 351 g/mol. The summed E-state index contributed by atoms with van der Waals surface area (Å²) < 4.78 is 13.7. The fourth-order valence-electron chi connectivity index (χ4n) is 3.03. The third-order valence-electron chi connectivity index (χ3n) is 4.45.